The summed E-state index contributed by atoms with van der Waals surface area (Å²) in [6.45, 7) is 9.70. The Bertz CT molecular complexity index is 329. The Morgan fingerprint density at radius 1 is 1.41 bits per heavy atom. The van der Waals surface area contributed by atoms with Crippen molar-refractivity contribution in [2.75, 3.05) is 13.2 Å². The van der Waals surface area contributed by atoms with E-state index < -0.39 is 0 Å². The lowest BCUT2D eigenvalue weighted by molar-refractivity contribution is -0.0189. The number of hydrogen-bond acceptors (Lipinski definition) is 4. The Morgan fingerprint density at radius 3 is 2.65 bits per heavy atom. The van der Waals surface area contributed by atoms with Gasteiger partial charge in [-0.1, -0.05) is 20.8 Å². The maximum absolute atomic E-state index is 5.74. The van der Waals surface area contributed by atoms with Gasteiger partial charge in [-0.05, 0) is 25.3 Å². The van der Waals surface area contributed by atoms with Gasteiger partial charge in [0.1, 0.15) is 11.9 Å². The summed E-state index contributed by atoms with van der Waals surface area (Å²) in [7, 11) is 0. The summed E-state index contributed by atoms with van der Waals surface area (Å²) >= 11 is 0. The molecule has 1 unspecified atom stereocenters. The maximum atomic E-state index is 5.74. The van der Waals surface area contributed by atoms with Crippen molar-refractivity contribution in [1.82, 2.24) is 15.2 Å². The van der Waals surface area contributed by atoms with Crippen LogP contribution in [0.1, 0.15) is 51.9 Å². The molecule has 0 saturated carbocycles. The molecule has 0 spiro atoms. The van der Waals surface area contributed by atoms with Gasteiger partial charge in [-0.15, -0.1) is 0 Å². The molecule has 17 heavy (non-hydrogen) atoms. The largest absolute Gasteiger partial charge is 0.370 e. The van der Waals surface area contributed by atoms with E-state index in [0.717, 1.165) is 24.5 Å². The van der Waals surface area contributed by atoms with Gasteiger partial charge < -0.3 is 10.5 Å². The summed E-state index contributed by atoms with van der Waals surface area (Å²) in [5.74, 6) is 1.63. The third-order valence-corrected chi connectivity index (χ3v) is 2.52. The molecular weight excluding hydrogens is 216 g/mol. The average Bonchev–Trinajstić information content (AvgIpc) is 2.69. The third kappa shape index (κ3) is 4.09. The second kappa shape index (κ2) is 6.12. The van der Waals surface area contributed by atoms with Crippen LogP contribution in [-0.2, 0) is 11.2 Å². The predicted octanol–water partition coefficient (Wildman–Crippen LogP) is 1.82. The highest BCUT2D eigenvalue weighted by Gasteiger charge is 2.30. The molecule has 1 rings (SSSR count). The summed E-state index contributed by atoms with van der Waals surface area (Å²) in [6.07, 6.45) is 1.69. The van der Waals surface area contributed by atoms with Crippen LogP contribution in [0.2, 0.25) is 0 Å². The number of nitrogens with one attached hydrogen (secondary N) is 1. The Labute approximate surface area is 103 Å². The second-order valence-corrected chi connectivity index (χ2v) is 5.23. The van der Waals surface area contributed by atoms with Crippen molar-refractivity contribution < 1.29 is 4.74 Å². The van der Waals surface area contributed by atoms with Crippen LogP contribution in [0, 0.1) is 5.41 Å². The lowest BCUT2D eigenvalue weighted by Crippen LogP contribution is -2.22. The van der Waals surface area contributed by atoms with Gasteiger partial charge in [0, 0.05) is 13.0 Å². The van der Waals surface area contributed by atoms with Crippen LogP contribution in [0.15, 0.2) is 0 Å². The molecule has 0 bridgehead atoms. The zero-order valence-electron chi connectivity index (χ0n) is 11.3. The molecule has 0 aromatic carbocycles. The fraction of sp³-hybridized carbons (Fsp3) is 0.833. The fourth-order valence-corrected chi connectivity index (χ4v) is 1.69. The van der Waals surface area contributed by atoms with Crippen molar-refractivity contribution in [3.05, 3.63) is 11.6 Å². The van der Waals surface area contributed by atoms with E-state index in [1.165, 1.54) is 0 Å². The summed E-state index contributed by atoms with van der Waals surface area (Å²) in [6, 6.07) is 0. The number of aromatic amines is 1. The van der Waals surface area contributed by atoms with Crippen molar-refractivity contribution in [1.29, 1.82) is 0 Å². The molecule has 5 heteroatoms. The van der Waals surface area contributed by atoms with Crippen LogP contribution in [-0.4, -0.2) is 28.3 Å². The minimum atomic E-state index is -0.0737. The van der Waals surface area contributed by atoms with Gasteiger partial charge in [0.15, 0.2) is 5.82 Å². The normalized spacial score (nSPS) is 13.9. The first-order valence-corrected chi connectivity index (χ1v) is 6.22. The molecule has 0 amide bonds. The van der Waals surface area contributed by atoms with E-state index in [0.29, 0.717) is 13.2 Å². The van der Waals surface area contributed by atoms with E-state index in [4.69, 9.17) is 10.5 Å². The smallest absolute Gasteiger partial charge is 0.179 e. The summed E-state index contributed by atoms with van der Waals surface area (Å²) < 4.78 is 5.74. The first kappa shape index (κ1) is 14.1. The zero-order valence-corrected chi connectivity index (χ0v) is 11.3. The number of nitrogens with two attached hydrogens (primary N) is 1. The first-order valence-electron chi connectivity index (χ1n) is 6.22. The van der Waals surface area contributed by atoms with Crippen molar-refractivity contribution in [3.8, 4) is 0 Å². The molecule has 0 saturated heterocycles. The van der Waals surface area contributed by atoms with Gasteiger partial charge in [-0.25, -0.2) is 4.98 Å². The Balaban J connectivity index is 2.77. The van der Waals surface area contributed by atoms with Gasteiger partial charge >= 0.3 is 0 Å². The van der Waals surface area contributed by atoms with Crippen LogP contribution in [0.25, 0.3) is 0 Å². The molecule has 1 aromatic rings. The van der Waals surface area contributed by atoms with E-state index in [2.05, 4.69) is 36.0 Å². The highest BCUT2D eigenvalue weighted by molar-refractivity contribution is 4.98. The molecule has 0 fully saturated rings. The minimum absolute atomic E-state index is 0.0106. The van der Waals surface area contributed by atoms with E-state index >= 15 is 0 Å². The molecule has 98 valence electrons. The number of hydrogen-bond donors (Lipinski definition) is 2. The monoisotopic (exact) mass is 240 g/mol. The topological polar surface area (TPSA) is 76.8 Å². The maximum Gasteiger partial charge on any atom is 0.179 e. The van der Waals surface area contributed by atoms with E-state index in [1.54, 1.807) is 0 Å². The lowest BCUT2D eigenvalue weighted by Gasteiger charge is -2.27. The molecule has 3 N–H and O–H groups in total. The second-order valence-electron chi connectivity index (χ2n) is 5.23. The Morgan fingerprint density at radius 2 is 2.12 bits per heavy atom. The fourth-order valence-electron chi connectivity index (χ4n) is 1.69. The molecule has 1 atom stereocenters. The third-order valence-electron chi connectivity index (χ3n) is 2.52. The average molecular weight is 240 g/mol. The van der Waals surface area contributed by atoms with Gasteiger partial charge in [-0.3, -0.25) is 5.10 Å². The number of H-pyrrole nitrogens is 1. The van der Waals surface area contributed by atoms with Gasteiger partial charge in [0.25, 0.3) is 0 Å². The molecule has 0 aliphatic heterocycles. The van der Waals surface area contributed by atoms with Crippen LogP contribution in [0.4, 0.5) is 0 Å². The first-order chi connectivity index (χ1) is 7.99. The SMILES string of the molecule is CCOC(c1n[nH]c(CCCN)n1)C(C)(C)C. The highest BCUT2D eigenvalue weighted by Crippen LogP contribution is 2.34. The van der Waals surface area contributed by atoms with Crippen molar-refractivity contribution >= 4 is 0 Å². The van der Waals surface area contributed by atoms with Crippen LogP contribution in [0.5, 0.6) is 0 Å². The lowest BCUT2D eigenvalue weighted by atomic mass is 9.88. The molecule has 5 nitrogen and oxygen atoms in total. The number of aromatic nitrogens is 3. The molecule has 0 aliphatic carbocycles. The number of ether oxygens (including phenoxy) is 1. The van der Waals surface area contributed by atoms with Crippen LogP contribution < -0.4 is 5.73 Å². The molecule has 0 aliphatic rings. The number of nitrogens with zero attached hydrogens (tertiary/aromatic N) is 2. The quantitative estimate of drug-likeness (QED) is 0.795. The molecular formula is C12H24N4O. The predicted molar refractivity (Wildman–Crippen MR) is 67.6 cm³/mol. The van der Waals surface area contributed by atoms with Gasteiger partial charge in [0.05, 0.1) is 0 Å². The highest BCUT2D eigenvalue weighted by atomic mass is 16.5. The van der Waals surface area contributed by atoms with Gasteiger partial charge in [0.2, 0.25) is 0 Å². The minimum Gasteiger partial charge on any atom is -0.370 e. The number of rotatable bonds is 6. The molecule has 0 radical (unpaired) electrons. The summed E-state index contributed by atoms with van der Waals surface area (Å²) in [4.78, 5) is 4.49. The standard InChI is InChI=1S/C12H24N4O/c1-5-17-10(12(2,3)4)11-14-9(15-16-11)7-6-8-13/h10H,5-8,13H2,1-4H3,(H,14,15,16). The summed E-state index contributed by atoms with van der Waals surface area (Å²) in [5.41, 5.74) is 5.46. The van der Waals surface area contributed by atoms with E-state index in [-0.39, 0.29) is 11.5 Å². The van der Waals surface area contributed by atoms with E-state index in [9.17, 15) is 0 Å². The number of aryl methyl sites for hydroxylation is 1. The summed E-state index contributed by atoms with van der Waals surface area (Å²) in [5, 5.41) is 7.21. The molecule has 1 heterocycles. The van der Waals surface area contributed by atoms with Crippen molar-refractivity contribution in [2.24, 2.45) is 11.1 Å². The Kier molecular flexibility index (Phi) is 5.08. The van der Waals surface area contributed by atoms with Crippen molar-refractivity contribution in [2.45, 2.75) is 46.6 Å². The van der Waals surface area contributed by atoms with Gasteiger partial charge in [-0.2, -0.15) is 5.10 Å². The molecule has 1 aromatic heterocycles. The van der Waals surface area contributed by atoms with E-state index in [1.807, 2.05) is 6.92 Å². The Hall–Kier alpha value is -0.940. The zero-order chi connectivity index (χ0) is 12.9. The van der Waals surface area contributed by atoms with Crippen LogP contribution in [0.3, 0.4) is 0 Å². The van der Waals surface area contributed by atoms with Crippen molar-refractivity contribution in [3.63, 3.8) is 0 Å². The van der Waals surface area contributed by atoms with Crippen LogP contribution >= 0.6 is 0 Å².